The van der Waals surface area contributed by atoms with Crippen molar-refractivity contribution in [3.05, 3.63) is 42.1 Å². The number of para-hydroxylation sites is 1. The third-order valence-electron chi connectivity index (χ3n) is 2.30. The highest BCUT2D eigenvalue weighted by molar-refractivity contribution is 5.88. The van der Waals surface area contributed by atoms with E-state index in [9.17, 15) is 4.79 Å². The van der Waals surface area contributed by atoms with E-state index in [1.165, 1.54) is 6.08 Å². The maximum absolute atomic E-state index is 11.2. The van der Waals surface area contributed by atoms with E-state index < -0.39 is 0 Å². The van der Waals surface area contributed by atoms with E-state index in [-0.39, 0.29) is 5.91 Å². The third-order valence-corrected chi connectivity index (χ3v) is 2.30. The van der Waals surface area contributed by atoms with Crippen LogP contribution in [0.2, 0.25) is 0 Å². The molecule has 2 N–H and O–H groups in total. The van der Waals surface area contributed by atoms with Gasteiger partial charge in [0.2, 0.25) is 5.91 Å². The molecular formula is C12H13N3O. The highest BCUT2D eigenvalue weighted by atomic mass is 16.1. The molecule has 2 aromatic rings. The summed E-state index contributed by atoms with van der Waals surface area (Å²) < 4.78 is 0. The van der Waals surface area contributed by atoms with Gasteiger partial charge in [-0.3, -0.25) is 9.89 Å². The monoisotopic (exact) mass is 215 g/mol. The summed E-state index contributed by atoms with van der Waals surface area (Å²) in [6, 6.07) is 7.81. The fraction of sp³-hybridized carbons (Fsp3) is 0.167. The number of aromatic amines is 1. The van der Waals surface area contributed by atoms with E-state index in [1.54, 1.807) is 6.08 Å². The van der Waals surface area contributed by atoms with Crippen molar-refractivity contribution in [2.24, 2.45) is 0 Å². The number of carbonyl (C=O) groups excluding carboxylic acids is 1. The molecule has 2 rings (SSSR count). The number of amides is 1. The Bertz CT molecular complexity index is 528. The van der Waals surface area contributed by atoms with Crippen LogP contribution in [0.25, 0.3) is 10.9 Å². The molecule has 4 nitrogen and oxygen atoms in total. The van der Waals surface area contributed by atoms with Gasteiger partial charge in [-0.1, -0.05) is 24.3 Å². The SMILES string of the molecule is C/C=C/C(=O)NCc1[nH]nc2ccccc12. The molecule has 0 aliphatic heterocycles. The molecule has 0 atom stereocenters. The summed E-state index contributed by atoms with van der Waals surface area (Å²) in [5.41, 5.74) is 1.84. The Kier molecular flexibility index (Phi) is 3.00. The average molecular weight is 215 g/mol. The van der Waals surface area contributed by atoms with Crippen LogP contribution in [0.15, 0.2) is 36.4 Å². The van der Waals surface area contributed by atoms with Crippen LogP contribution < -0.4 is 5.32 Å². The first kappa shape index (κ1) is 10.4. The van der Waals surface area contributed by atoms with Crippen molar-refractivity contribution in [2.45, 2.75) is 13.5 Å². The quantitative estimate of drug-likeness (QED) is 0.766. The van der Waals surface area contributed by atoms with Gasteiger partial charge in [-0.15, -0.1) is 0 Å². The standard InChI is InChI=1S/C12H13N3O/c1-2-5-12(16)13-8-11-9-6-3-4-7-10(9)14-15-11/h2-7H,8H2,1H3,(H,13,16)(H,14,15)/b5-2+. The van der Waals surface area contributed by atoms with Gasteiger partial charge < -0.3 is 5.32 Å². The van der Waals surface area contributed by atoms with Crippen LogP contribution in [0, 0.1) is 0 Å². The third kappa shape index (κ3) is 2.11. The number of benzene rings is 1. The molecule has 1 aromatic carbocycles. The fourth-order valence-electron chi connectivity index (χ4n) is 1.53. The lowest BCUT2D eigenvalue weighted by Gasteiger charge is -1.99. The van der Waals surface area contributed by atoms with Crippen LogP contribution in [0.1, 0.15) is 12.6 Å². The highest BCUT2D eigenvalue weighted by Gasteiger charge is 2.04. The summed E-state index contributed by atoms with van der Waals surface area (Å²) in [5.74, 6) is -0.0961. The summed E-state index contributed by atoms with van der Waals surface area (Å²) >= 11 is 0. The first-order valence-corrected chi connectivity index (χ1v) is 5.14. The number of aromatic nitrogens is 2. The zero-order valence-corrected chi connectivity index (χ0v) is 9.03. The average Bonchev–Trinajstić information content (AvgIpc) is 2.70. The van der Waals surface area contributed by atoms with Crippen molar-refractivity contribution in [3.8, 4) is 0 Å². The van der Waals surface area contributed by atoms with E-state index in [1.807, 2.05) is 31.2 Å². The molecule has 0 aliphatic rings. The van der Waals surface area contributed by atoms with Gasteiger partial charge in [0.1, 0.15) is 0 Å². The van der Waals surface area contributed by atoms with Gasteiger partial charge in [0.25, 0.3) is 0 Å². The Morgan fingerprint density at radius 2 is 2.31 bits per heavy atom. The predicted molar refractivity (Wildman–Crippen MR) is 62.8 cm³/mol. The molecule has 4 heteroatoms. The van der Waals surface area contributed by atoms with Gasteiger partial charge in [0.15, 0.2) is 0 Å². The number of H-pyrrole nitrogens is 1. The number of hydrogen-bond acceptors (Lipinski definition) is 2. The van der Waals surface area contributed by atoms with E-state index in [0.717, 1.165) is 16.6 Å². The zero-order chi connectivity index (χ0) is 11.4. The minimum absolute atomic E-state index is 0.0961. The number of allylic oxidation sites excluding steroid dienone is 1. The van der Waals surface area contributed by atoms with E-state index in [2.05, 4.69) is 15.5 Å². The maximum atomic E-state index is 11.2. The molecule has 0 bridgehead atoms. The van der Waals surface area contributed by atoms with Gasteiger partial charge >= 0.3 is 0 Å². The molecule has 0 spiro atoms. The van der Waals surface area contributed by atoms with Gasteiger partial charge in [-0.05, 0) is 19.1 Å². The lowest BCUT2D eigenvalue weighted by atomic mass is 10.2. The van der Waals surface area contributed by atoms with E-state index in [0.29, 0.717) is 6.54 Å². The van der Waals surface area contributed by atoms with E-state index >= 15 is 0 Å². The van der Waals surface area contributed by atoms with Crippen LogP contribution in [0.3, 0.4) is 0 Å². The van der Waals surface area contributed by atoms with Crippen molar-refractivity contribution in [2.75, 3.05) is 0 Å². The highest BCUT2D eigenvalue weighted by Crippen LogP contribution is 2.14. The number of hydrogen-bond donors (Lipinski definition) is 2. The lowest BCUT2D eigenvalue weighted by Crippen LogP contribution is -2.20. The Morgan fingerprint density at radius 3 is 3.12 bits per heavy atom. The minimum atomic E-state index is -0.0961. The molecule has 0 fully saturated rings. The second-order valence-electron chi connectivity index (χ2n) is 3.44. The fourth-order valence-corrected chi connectivity index (χ4v) is 1.53. The van der Waals surface area contributed by atoms with Crippen LogP contribution in [0.5, 0.6) is 0 Å². The van der Waals surface area contributed by atoms with Gasteiger partial charge in [-0.2, -0.15) is 5.10 Å². The molecule has 0 radical (unpaired) electrons. The van der Waals surface area contributed by atoms with Crippen LogP contribution in [-0.2, 0) is 11.3 Å². The predicted octanol–water partition coefficient (Wildman–Crippen LogP) is 1.76. The Hall–Kier alpha value is -2.10. The Labute approximate surface area is 93.4 Å². The number of nitrogens with zero attached hydrogens (tertiary/aromatic N) is 1. The molecule has 16 heavy (non-hydrogen) atoms. The number of rotatable bonds is 3. The molecule has 0 unspecified atom stereocenters. The normalized spacial score (nSPS) is 11.1. The minimum Gasteiger partial charge on any atom is -0.347 e. The summed E-state index contributed by atoms with van der Waals surface area (Å²) in [5, 5.41) is 10.9. The number of fused-ring (bicyclic) bond motifs is 1. The van der Waals surface area contributed by atoms with E-state index in [4.69, 9.17) is 0 Å². The maximum Gasteiger partial charge on any atom is 0.243 e. The van der Waals surface area contributed by atoms with Gasteiger partial charge in [0.05, 0.1) is 17.8 Å². The summed E-state index contributed by atoms with van der Waals surface area (Å²) in [4.78, 5) is 11.2. The first-order valence-electron chi connectivity index (χ1n) is 5.14. The van der Waals surface area contributed by atoms with Crippen LogP contribution in [-0.4, -0.2) is 16.1 Å². The molecule has 82 valence electrons. The van der Waals surface area contributed by atoms with Gasteiger partial charge in [-0.25, -0.2) is 0 Å². The van der Waals surface area contributed by atoms with Crippen LogP contribution in [0.4, 0.5) is 0 Å². The second kappa shape index (κ2) is 4.61. The van der Waals surface area contributed by atoms with Crippen molar-refractivity contribution >= 4 is 16.8 Å². The molecule has 0 aliphatic carbocycles. The molecule has 0 saturated heterocycles. The topological polar surface area (TPSA) is 57.8 Å². The smallest absolute Gasteiger partial charge is 0.243 e. The molecular weight excluding hydrogens is 202 g/mol. The summed E-state index contributed by atoms with van der Waals surface area (Å²) in [6.45, 7) is 2.27. The van der Waals surface area contributed by atoms with Crippen molar-refractivity contribution in [1.82, 2.24) is 15.5 Å². The lowest BCUT2D eigenvalue weighted by molar-refractivity contribution is -0.116. The zero-order valence-electron chi connectivity index (χ0n) is 9.03. The summed E-state index contributed by atoms with van der Waals surface area (Å²) in [7, 11) is 0. The van der Waals surface area contributed by atoms with Crippen molar-refractivity contribution < 1.29 is 4.79 Å². The Balaban J connectivity index is 2.13. The van der Waals surface area contributed by atoms with Gasteiger partial charge in [0, 0.05) is 5.39 Å². The number of nitrogens with one attached hydrogen (secondary N) is 2. The first-order chi connectivity index (χ1) is 7.81. The van der Waals surface area contributed by atoms with Crippen LogP contribution >= 0.6 is 0 Å². The Morgan fingerprint density at radius 1 is 1.50 bits per heavy atom. The largest absolute Gasteiger partial charge is 0.347 e. The van der Waals surface area contributed by atoms with Crippen molar-refractivity contribution in [1.29, 1.82) is 0 Å². The second-order valence-corrected chi connectivity index (χ2v) is 3.44. The molecule has 1 amide bonds. The molecule has 1 heterocycles. The number of carbonyl (C=O) groups is 1. The summed E-state index contributed by atoms with van der Waals surface area (Å²) in [6.07, 6.45) is 3.21. The molecule has 1 aromatic heterocycles. The van der Waals surface area contributed by atoms with Crippen molar-refractivity contribution in [3.63, 3.8) is 0 Å². The molecule has 0 saturated carbocycles.